The lowest BCUT2D eigenvalue weighted by atomic mass is 10.2. The second kappa shape index (κ2) is 9.71. The number of amides is 1. The van der Waals surface area contributed by atoms with Crippen LogP contribution in [0.5, 0.6) is 5.75 Å². The average molecular weight is 440 g/mol. The number of nitrogens with zero attached hydrogens (tertiary/aromatic N) is 6. The van der Waals surface area contributed by atoms with Crippen molar-refractivity contribution >= 4 is 23.1 Å². The van der Waals surface area contributed by atoms with Gasteiger partial charge in [-0.3, -0.25) is 4.79 Å². The summed E-state index contributed by atoms with van der Waals surface area (Å²) in [6, 6.07) is 9.86. The minimum atomic E-state index is -0.368. The number of unbranched alkanes of at least 4 members (excludes halogenated alkanes) is 1. The third kappa shape index (κ3) is 4.68. The maximum Gasteiger partial charge on any atom is 0.352 e. The van der Waals surface area contributed by atoms with Gasteiger partial charge in [-0.2, -0.15) is 0 Å². The Hall–Kier alpha value is -3.56. The number of benzene rings is 1. The number of hydrogen-bond donors (Lipinski definition) is 1. The molecule has 0 saturated carbocycles. The van der Waals surface area contributed by atoms with Crippen LogP contribution in [-0.4, -0.2) is 64.9 Å². The molecule has 3 aromatic rings. The molecule has 0 aliphatic carbocycles. The normalized spacial score (nSPS) is 14.1. The Labute approximate surface area is 186 Å². The quantitative estimate of drug-likeness (QED) is 0.526. The zero-order valence-electron chi connectivity index (χ0n) is 18.5. The summed E-state index contributed by atoms with van der Waals surface area (Å²) in [6.07, 6.45) is 3.39. The fraction of sp³-hybridized carbons (Fsp3) is 0.455. The summed E-state index contributed by atoms with van der Waals surface area (Å²) in [5.41, 5.74) is 1.25. The molecule has 4 rings (SSSR count). The maximum absolute atomic E-state index is 12.5. The van der Waals surface area contributed by atoms with E-state index in [-0.39, 0.29) is 18.1 Å². The summed E-state index contributed by atoms with van der Waals surface area (Å²) < 4.78 is 7.88. The number of aromatic nitrogens is 4. The minimum Gasteiger partial charge on any atom is -0.497 e. The van der Waals surface area contributed by atoms with E-state index in [0.29, 0.717) is 12.2 Å². The Morgan fingerprint density at radius 3 is 2.69 bits per heavy atom. The molecule has 1 aliphatic rings. The van der Waals surface area contributed by atoms with Crippen molar-refractivity contribution in [1.29, 1.82) is 0 Å². The number of rotatable bonds is 8. The number of fused-ring (bicyclic) bond motifs is 1. The van der Waals surface area contributed by atoms with Crippen LogP contribution in [0.25, 0.3) is 5.65 Å². The Balaban J connectivity index is 1.43. The lowest BCUT2D eigenvalue weighted by molar-refractivity contribution is -0.121. The Morgan fingerprint density at radius 2 is 1.94 bits per heavy atom. The van der Waals surface area contributed by atoms with Crippen molar-refractivity contribution in [2.45, 2.75) is 26.3 Å². The van der Waals surface area contributed by atoms with Crippen molar-refractivity contribution in [2.75, 3.05) is 49.6 Å². The standard InChI is InChI=1S/C22H29N7O3/c1-3-4-8-23-21(30)15-29-22(31)28-16-24-19(14-20(28)25-29)27-11-9-26(10-12-27)17-6-5-7-18(13-17)32-2/h5-7,13-14,16H,3-4,8-12,15H2,1-2H3,(H,23,30). The van der Waals surface area contributed by atoms with Crippen LogP contribution in [0.2, 0.25) is 0 Å². The molecule has 1 saturated heterocycles. The molecule has 1 aromatic carbocycles. The molecule has 0 atom stereocenters. The first kappa shape index (κ1) is 21.7. The molecular weight excluding hydrogens is 410 g/mol. The molecule has 32 heavy (non-hydrogen) atoms. The molecule has 2 aromatic heterocycles. The molecular formula is C22H29N7O3. The van der Waals surface area contributed by atoms with Gasteiger partial charge < -0.3 is 19.9 Å². The highest BCUT2D eigenvalue weighted by Gasteiger charge is 2.20. The number of carbonyl (C=O) groups excluding carboxylic acids is 1. The summed E-state index contributed by atoms with van der Waals surface area (Å²) in [6.45, 7) is 5.85. The molecule has 0 spiro atoms. The van der Waals surface area contributed by atoms with Gasteiger partial charge >= 0.3 is 5.69 Å². The zero-order valence-corrected chi connectivity index (χ0v) is 18.5. The molecule has 10 nitrogen and oxygen atoms in total. The fourth-order valence-corrected chi connectivity index (χ4v) is 3.79. The first-order valence-corrected chi connectivity index (χ1v) is 10.9. The van der Waals surface area contributed by atoms with Gasteiger partial charge in [-0.15, -0.1) is 5.10 Å². The number of nitrogens with one attached hydrogen (secondary N) is 1. The van der Waals surface area contributed by atoms with Crippen LogP contribution in [0.3, 0.4) is 0 Å². The van der Waals surface area contributed by atoms with Crippen LogP contribution in [-0.2, 0) is 11.3 Å². The molecule has 1 amide bonds. The summed E-state index contributed by atoms with van der Waals surface area (Å²) in [5.74, 6) is 1.40. The molecule has 1 aliphatic heterocycles. The van der Waals surface area contributed by atoms with E-state index in [1.165, 1.54) is 15.4 Å². The van der Waals surface area contributed by atoms with Crippen LogP contribution < -0.4 is 25.5 Å². The van der Waals surface area contributed by atoms with E-state index < -0.39 is 0 Å². The Morgan fingerprint density at radius 1 is 1.16 bits per heavy atom. The van der Waals surface area contributed by atoms with E-state index in [0.717, 1.165) is 56.3 Å². The third-order valence-electron chi connectivity index (χ3n) is 5.63. The van der Waals surface area contributed by atoms with Crippen LogP contribution >= 0.6 is 0 Å². The van der Waals surface area contributed by atoms with E-state index in [2.05, 4.69) is 38.2 Å². The SMILES string of the molecule is CCCCNC(=O)Cn1nc2cc(N3CCN(c4cccc(OC)c4)CC3)ncn2c1=O. The van der Waals surface area contributed by atoms with E-state index >= 15 is 0 Å². The fourth-order valence-electron chi connectivity index (χ4n) is 3.79. The van der Waals surface area contributed by atoms with Gasteiger partial charge in [0, 0.05) is 50.5 Å². The van der Waals surface area contributed by atoms with Crippen molar-refractivity contribution in [2.24, 2.45) is 0 Å². The van der Waals surface area contributed by atoms with Crippen molar-refractivity contribution < 1.29 is 9.53 Å². The summed E-state index contributed by atoms with van der Waals surface area (Å²) in [5, 5.41) is 7.14. The van der Waals surface area contributed by atoms with Gasteiger partial charge in [0.15, 0.2) is 5.65 Å². The maximum atomic E-state index is 12.5. The first-order valence-electron chi connectivity index (χ1n) is 10.9. The largest absolute Gasteiger partial charge is 0.497 e. The van der Waals surface area contributed by atoms with Crippen molar-refractivity contribution in [1.82, 2.24) is 24.5 Å². The van der Waals surface area contributed by atoms with Crippen molar-refractivity contribution in [3.63, 3.8) is 0 Å². The van der Waals surface area contributed by atoms with Gasteiger partial charge in [-0.25, -0.2) is 18.9 Å². The van der Waals surface area contributed by atoms with Crippen LogP contribution in [0, 0.1) is 0 Å². The molecule has 3 heterocycles. The molecule has 1 N–H and O–H groups in total. The lowest BCUT2D eigenvalue weighted by Crippen LogP contribution is -2.46. The number of piperazine rings is 1. The number of ether oxygens (including phenoxy) is 1. The summed E-state index contributed by atoms with van der Waals surface area (Å²) in [7, 11) is 1.67. The average Bonchev–Trinajstić information content (AvgIpc) is 3.13. The van der Waals surface area contributed by atoms with Gasteiger partial charge in [-0.1, -0.05) is 19.4 Å². The summed E-state index contributed by atoms with van der Waals surface area (Å²) >= 11 is 0. The highest BCUT2D eigenvalue weighted by Crippen LogP contribution is 2.23. The van der Waals surface area contributed by atoms with E-state index in [1.807, 2.05) is 18.2 Å². The highest BCUT2D eigenvalue weighted by atomic mass is 16.5. The van der Waals surface area contributed by atoms with Crippen molar-refractivity contribution in [3.05, 3.63) is 47.1 Å². The summed E-state index contributed by atoms with van der Waals surface area (Å²) in [4.78, 5) is 33.6. The Bertz CT molecular complexity index is 1130. The highest BCUT2D eigenvalue weighted by molar-refractivity contribution is 5.75. The van der Waals surface area contributed by atoms with E-state index in [1.54, 1.807) is 13.2 Å². The van der Waals surface area contributed by atoms with Crippen LogP contribution in [0.1, 0.15) is 19.8 Å². The smallest absolute Gasteiger partial charge is 0.352 e. The molecule has 0 bridgehead atoms. The predicted molar refractivity (Wildman–Crippen MR) is 123 cm³/mol. The number of carbonyl (C=O) groups is 1. The predicted octanol–water partition coefficient (Wildman–Crippen LogP) is 1.14. The monoisotopic (exact) mass is 439 g/mol. The van der Waals surface area contributed by atoms with E-state index in [4.69, 9.17) is 4.74 Å². The third-order valence-corrected chi connectivity index (χ3v) is 5.63. The molecule has 0 radical (unpaired) electrons. The second-order valence-electron chi connectivity index (χ2n) is 7.79. The van der Waals surface area contributed by atoms with Crippen LogP contribution in [0.4, 0.5) is 11.5 Å². The zero-order chi connectivity index (χ0) is 22.5. The van der Waals surface area contributed by atoms with Crippen molar-refractivity contribution in [3.8, 4) is 5.75 Å². The number of anilines is 2. The van der Waals surface area contributed by atoms with Crippen LogP contribution in [0.15, 0.2) is 41.5 Å². The van der Waals surface area contributed by atoms with Gasteiger partial charge in [-0.05, 0) is 18.6 Å². The van der Waals surface area contributed by atoms with Gasteiger partial charge in [0.25, 0.3) is 0 Å². The van der Waals surface area contributed by atoms with Gasteiger partial charge in [0.2, 0.25) is 5.91 Å². The molecule has 10 heteroatoms. The second-order valence-corrected chi connectivity index (χ2v) is 7.79. The minimum absolute atomic E-state index is 0.0984. The first-order chi connectivity index (χ1) is 15.6. The molecule has 0 unspecified atom stereocenters. The molecule has 170 valence electrons. The van der Waals surface area contributed by atoms with Gasteiger partial charge in [0.05, 0.1) is 7.11 Å². The lowest BCUT2D eigenvalue weighted by Gasteiger charge is -2.36. The van der Waals surface area contributed by atoms with Gasteiger partial charge in [0.1, 0.15) is 24.4 Å². The topological polar surface area (TPSA) is 97.0 Å². The Kier molecular flexibility index (Phi) is 6.58. The molecule has 1 fully saturated rings. The number of hydrogen-bond acceptors (Lipinski definition) is 7. The number of methoxy groups -OCH3 is 1. The van der Waals surface area contributed by atoms with E-state index in [9.17, 15) is 9.59 Å².